The van der Waals surface area contributed by atoms with Crippen molar-refractivity contribution in [2.75, 3.05) is 11.5 Å². The Morgan fingerprint density at radius 1 is 0.581 bits per heavy atom. The van der Waals surface area contributed by atoms with Gasteiger partial charge in [-0.25, -0.2) is 8.42 Å². The lowest BCUT2D eigenvalue weighted by molar-refractivity contribution is 0.450. The van der Waals surface area contributed by atoms with E-state index < -0.39 is 9.84 Å². The van der Waals surface area contributed by atoms with Crippen LogP contribution in [0.1, 0.15) is 0 Å². The molecule has 0 aromatic heterocycles. The second-order valence-electron chi connectivity index (χ2n) is 6.77. The van der Waals surface area contributed by atoms with E-state index in [1.165, 1.54) is 6.07 Å². The third-order valence-corrected chi connectivity index (χ3v) is 6.29. The van der Waals surface area contributed by atoms with Gasteiger partial charge in [-0.05, 0) is 72.8 Å². The molecular formula is C24H20N2O4S. The van der Waals surface area contributed by atoms with Crippen LogP contribution in [0.2, 0.25) is 0 Å². The van der Waals surface area contributed by atoms with E-state index in [-0.39, 0.29) is 15.5 Å². The summed E-state index contributed by atoms with van der Waals surface area (Å²) in [6.07, 6.45) is 0. The highest BCUT2D eigenvalue weighted by Crippen LogP contribution is 2.37. The zero-order valence-electron chi connectivity index (χ0n) is 16.4. The number of anilines is 2. The molecule has 0 saturated carbocycles. The Balaban J connectivity index is 1.76. The molecule has 0 heterocycles. The molecule has 0 spiro atoms. The van der Waals surface area contributed by atoms with Crippen LogP contribution >= 0.6 is 0 Å². The molecule has 7 heteroatoms. The molecule has 0 aliphatic heterocycles. The monoisotopic (exact) mass is 432 g/mol. The average molecular weight is 433 g/mol. The summed E-state index contributed by atoms with van der Waals surface area (Å²) >= 11 is 0. The Bertz CT molecular complexity index is 1290. The minimum absolute atomic E-state index is 0.0279. The van der Waals surface area contributed by atoms with Crippen LogP contribution < -0.4 is 20.9 Å². The predicted molar refractivity (Wildman–Crippen MR) is 120 cm³/mol. The first-order valence-electron chi connectivity index (χ1n) is 9.43. The van der Waals surface area contributed by atoms with Crippen molar-refractivity contribution < 1.29 is 17.9 Å². The van der Waals surface area contributed by atoms with Gasteiger partial charge in [0.2, 0.25) is 9.84 Å². The van der Waals surface area contributed by atoms with Crippen molar-refractivity contribution in [3.05, 3.63) is 97.1 Å². The van der Waals surface area contributed by atoms with E-state index in [1.807, 2.05) is 0 Å². The number of benzene rings is 4. The van der Waals surface area contributed by atoms with Crippen LogP contribution in [0, 0.1) is 0 Å². The number of rotatable bonds is 6. The third-order valence-electron chi connectivity index (χ3n) is 4.48. The van der Waals surface area contributed by atoms with Crippen molar-refractivity contribution in [2.24, 2.45) is 0 Å². The van der Waals surface area contributed by atoms with Gasteiger partial charge in [0, 0.05) is 17.4 Å². The standard InChI is InChI=1S/C24H20N2O4S/c25-17-6-10-19(11-7-17)29-21-14-15-24(31(27,28)22-4-2-1-3-5-22)23(16-21)30-20-12-8-18(26)9-13-20/h1-16H,25-26H2. The Morgan fingerprint density at radius 2 is 1.10 bits per heavy atom. The van der Waals surface area contributed by atoms with Gasteiger partial charge in [0.1, 0.15) is 27.9 Å². The van der Waals surface area contributed by atoms with E-state index in [4.69, 9.17) is 20.9 Å². The molecule has 4 aromatic carbocycles. The lowest BCUT2D eigenvalue weighted by Crippen LogP contribution is -2.04. The van der Waals surface area contributed by atoms with E-state index in [9.17, 15) is 8.42 Å². The Hall–Kier alpha value is -3.97. The molecule has 4 aromatic rings. The second kappa shape index (κ2) is 8.41. The van der Waals surface area contributed by atoms with E-state index in [0.717, 1.165) is 0 Å². The molecule has 31 heavy (non-hydrogen) atoms. The third kappa shape index (κ3) is 4.62. The van der Waals surface area contributed by atoms with Crippen molar-refractivity contribution in [1.82, 2.24) is 0 Å². The number of nitrogen functional groups attached to an aromatic ring is 2. The van der Waals surface area contributed by atoms with Crippen LogP contribution in [0.15, 0.2) is 107 Å². The molecule has 0 atom stereocenters. The van der Waals surface area contributed by atoms with Gasteiger partial charge in [-0.1, -0.05) is 18.2 Å². The number of nitrogens with two attached hydrogens (primary N) is 2. The first kappa shape index (κ1) is 20.3. The Kier molecular flexibility index (Phi) is 5.51. The van der Waals surface area contributed by atoms with Crippen LogP contribution in [0.4, 0.5) is 11.4 Å². The fourth-order valence-corrected chi connectivity index (χ4v) is 4.30. The maximum Gasteiger partial charge on any atom is 0.210 e. The SMILES string of the molecule is Nc1ccc(Oc2ccc(S(=O)(=O)c3ccccc3)c(Oc3ccc(N)cc3)c2)cc1. The first-order valence-corrected chi connectivity index (χ1v) is 10.9. The summed E-state index contributed by atoms with van der Waals surface area (Å²) in [4.78, 5) is 0.199. The van der Waals surface area contributed by atoms with Gasteiger partial charge in [0.25, 0.3) is 0 Å². The molecule has 0 aliphatic carbocycles. The van der Waals surface area contributed by atoms with Gasteiger partial charge in [-0.3, -0.25) is 0 Å². The van der Waals surface area contributed by atoms with Gasteiger partial charge in [0.05, 0.1) is 4.90 Å². The van der Waals surface area contributed by atoms with Crippen molar-refractivity contribution >= 4 is 21.2 Å². The van der Waals surface area contributed by atoms with Crippen molar-refractivity contribution in [1.29, 1.82) is 0 Å². The summed E-state index contributed by atoms with van der Waals surface area (Å²) in [6.45, 7) is 0. The van der Waals surface area contributed by atoms with Crippen LogP contribution in [-0.4, -0.2) is 8.42 Å². The summed E-state index contributed by atoms with van der Waals surface area (Å²) in [5.74, 6) is 1.57. The maximum absolute atomic E-state index is 13.3. The largest absolute Gasteiger partial charge is 0.457 e. The number of hydrogen-bond donors (Lipinski definition) is 2. The van der Waals surface area contributed by atoms with Crippen LogP contribution in [-0.2, 0) is 9.84 Å². The van der Waals surface area contributed by atoms with Crippen LogP contribution in [0.3, 0.4) is 0 Å². The van der Waals surface area contributed by atoms with E-state index in [0.29, 0.717) is 28.6 Å². The summed E-state index contributed by atoms with van der Waals surface area (Å²) < 4.78 is 38.3. The van der Waals surface area contributed by atoms with Gasteiger partial charge in [0.15, 0.2) is 0 Å². The van der Waals surface area contributed by atoms with Gasteiger partial charge < -0.3 is 20.9 Å². The van der Waals surface area contributed by atoms with Gasteiger partial charge in [-0.15, -0.1) is 0 Å². The smallest absolute Gasteiger partial charge is 0.210 e. The highest BCUT2D eigenvalue weighted by molar-refractivity contribution is 7.91. The number of sulfone groups is 1. The Labute approximate surface area is 180 Å². The summed E-state index contributed by atoms with van der Waals surface area (Å²) in [7, 11) is -3.81. The number of ether oxygens (including phenoxy) is 2. The van der Waals surface area contributed by atoms with Gasteiger partial charge in [-0.2, -0.15) is 0 Å². The van der Waals surface area contributed by atoms with E-state index in [1.54, 1.807) is 91.0 Å². The molecule has 4 rings (SSSR count). The molecule has 0 saturated heterocycles. The molecule has 0 amide bonds. The topological polar surface area (TPSA) is 105 Å². The van der Waals surface area contributed by atoms with Crippen molar-refractivity contribution in [3.8, 4) is 23.0 Å². The maximum atomic E-state index is 13.3. The zero-order valence-corrected chi connectivity index (χ0v) is 17.3. The minimum atomic E-state index is -3.81. The normalized spacial score (nSPS) is 11.1. The fourth-order valence-electron chi connectivity index (χ4n) is 2.92. The quantitative estimate of drug-likeness (QED) is 0.402. The van der Waals surface area contributed by atoms with Crippen LogP contribution in [0.25, 0.3) is 0 Å². The van der Waals surface area contributed by atoms with E-state index >= 15 is 0 Å². The van der Waals surface area contributed by atoms with Gasteiger partial charge >= 0.3 is 0 Å². The lowest BCUT2D eigenvalue weighted by Gasteiger charge is -2.14. The predicted octanol–water partition coefficient (Wildman–Crippen LogP) is 5.27. The van der Waals surface area contributed by atoms with Crippen molar-refractivity contribution in [3.63, 3.8) is 0 Å². The molecule has 0 radical (unpaired) electrons. The summed E-state index contributed by atoms with van der Waals surface area (Å²) in [6, 6.07) is 26.4. The van der Waals surface area contributed by atoms with E-state index in [2.05, 4.69) is 0 Å². The Morgan fingerprint density at radius 3 is 1.68 bits per heavy atom. The fraction of sp³-hybridized carbons (Fsp3) is 0. The molecule has 0 fully saturated rings. The lowest BCUT2D eigenvalue weighted by atomic mass is 10.3. The average Bonchev–Trinajstić information content (AvgIpc) is 2.78. The molecule has 0 aliphatic rings. The second-order valence-corrected chi connectivity index (χ2v) is 8.69. The summed E-state index contributed by atoms with van der Waals surface area (Å²) in [5, 5.41) is 0. The highest BCUT2D eigenvalue weighted by atomic mass is 32.2. The molecule has 156 valence electrons. The highest BCUT2D eigenvalue weighted by Gasteiger charge is 2.23. The molecule has 4 N–H and O–H groups in total. The zero-order chi connectivity index (χ0) is 21.8. The van der Waals surface area contributed by atoms with Crippen molar-refractivity contribution in [2.45, 2.75) is 9.79 Å². The molecule has 0 unspecified atom stereocenters. The first-order chi connectivity index (χ1) is 14.9. The molecular weight excluding hydrogens is 412 g/mol. The molecule has 0 bridgehead atoms. The summed E-state index contributed by atoms with van der Waals surface area (Å²) in [5.41, 5.74) is 12.6. The minimum Gasteiger partial charge on any atom is -0.457 e. The van der Waals surface area contributed by atoms with Crippen LogP contribution in [0.5, 0.6) is 23.0 Å². The molecule has 6 nitrogen and oxygen atoms in total. The number of hydrogen-bond acceptors (Lipinski definition) is 6.